The van der Waals surface area contributed by atoms with Crippen LogP contribution in [0.3, 0.4) is 0 Å². The highest BCUT2D eigenvalue weighted by Gasteiger charge is 2.37. The number of hydrogen-bond acceptors (Lipinski definition) is 4. The largest absolute Gasteiger partial charge is 0.489 e. The first-order valence-corrected chi connectivity index (χ1v) is 13.0. The molecule has 2 rings (SSSR count). The topological polar surface area (TPSA) is 55.8 Å². The van der Waals surface area contributed by atoms with Gasteiger partial charge in [-0.15, -0.1) is 11.3 Å². The number of carboxylic acids is 1. The molecule has 0 atom stereocenters. The summed E-state index contributed by atoms with van der Waals surface area (Å²) < 4.78 is 12.0. The molecule has 148 valence electrons. The van der Waals surface area contributed by atoms with E-state index < -0.39 is 14.3 Å². The van der Waals surface area contributed by atoms with Gasteiger partial charge in [0.25, 0.3) is 0 Å². The third-order valence-corrected chi connectivity index (χ3v) is 10.6. The van der Waals surface area contributed by atoms with E-state index in [1.165, 1.54) is 11.3 Å². The molecule has 0 unspecified atom stereocenters. The molecule has 0 bridgehead atoms. The second kappa shape index (κ2) is 8.77. The van der Waals surface area contributed by atoms with E-state index in [-0.39, 0.29) is 10.6 Å². The average Bonchev–Trinajstić information content (AvgIpc) is 2.93. The zero-order chi connectivity index (χ0) is 20.2. The maximum absolute atomic E-state index is 11.5. The van der Waals surface area contributed by atoms with Crippen LogP contribution in [0.15, 0.2) is 29.6 Å². The second-order valence-electron chi connectivity index (χ2n) is 7.97. The van der Waals surface area contributed by atoms with Gasteiger partial charge in [-0.25, -0.2) is 4.79 Å². The Labute approximate surface area is 171 Å². The molecule has 0 aliphatic carbocycles. The zero-order valence-electron chi connectivity index (χ0n) is 16.5. The Kier molecular flexibility index (Phi) is 7.13. The van der Waals surface area contributed by atoms with Crippen LogP contribution in [0.4, 0.5) is 0 Å². The predicted molar refractivity (Wildman–Crippen MR) is 114 cm³/mol. The van der Waals surface area contributed by atoms with Gasteiger partial charge in [-0.2, -0.15) is 0 Å². The van der Waals surface area contributed by atoms with Gasteiger partial charge in [-0.1, -0.05) is 44.5 Å². The van der Waals surface area contributed by atoms with Gasteiger partial charge in [0.05, 0.1) is 11.5 Å². The number of thiophene rings is 1. The van der Waals surface area contributed by atoms with E-state index in [2.05, 4.69) is 33.9 Å². The van der Waals surface area contributed by atoms with Crippen molar-refractivity contribution < 1.29 is 19.1 Å². The number of carboxylic acid groups (broad SMARTS) is 1. The van der Waals surface area contributed by atoms with Crippen molar-refractivity contribution >= 4 is 37.2 Å². The Hall–Kier alpha value is -1.34. The van der Waals surface area contributed by atoms with E-state index in [9.17, 15) is 9.90 Å². The van der Waals surface area contributed by atoms with E-state index in [0.717, 1.165) is 10.4 Å². The summed E-state index contributed by atoms with van der Waals surface area (Å²) in [5.41, 5.74) is 1.22. The zero-order valence-corrected chi connectivity index (χ0v) is 19.0. The molecule has 7 heteroatoms. The first kappa shape index (κ1) is 22.0. The monoisotopic (exact) mass is 426 g/mol. The molecule has 0 aliphatic heterocycles. The van der Waals surface area contributed by atoms with Gasteiger partial charge >= 0.3 is 5.97 Å². The lowest BCUT2D eigenvalue weighted by Gasteiger charge is -2.36. The Bertz CT molecular complexity index is 796. The van der Waals surface area contributed by atoms with Gasteiger partial charge in [0, 0.05) is 16.8 Å². The van der Waals surface area contributed by atoms with Crippen LogP contribution in [-0.2, 0) is 10.8 Å². The minimum Gasteiger partial charge on any atom is -0.489 e. The minimum absolute atomic E-state index is 0.124. The SMILES string of the molecule is CC(C)(C)[Si](C)(C)OCCOc1c(C(=O)O)csc1Cc1cccc(Cl)c1. The molecule has 1 N–H and O–H groups in total. The van der Waals surface area contributed by atoms with Crippen molar-refractivity contribution in [2.24, 2.45) is 0 Å². The lowest BCUT2D eigenvalue weighted by molar-refractivity contribution is 0.0691. The lowest BCUT2D eigenvalue weighted by Crippen LogP contribution is -2.41. The minimum atomic E-state index is -1.85. The Balaban J connectivity index is 2.08. The van der Waals surface area contributed by atoms with Gasteiger partial charge in [-0.05, 0) is 35.8 Å². The summed E-state index contributed by atoms with van der Waals surface area (Å²) in [6.45, 7) is 11.7. The van der Waals surface area contributed by atoms with Crippen LogP contribution in [0.5, 0.6) is 5.75 Å². The summed E-state index contributed by atoms with van der Waals surface area (Å²) in [4.78, 5) is 12.4. The van der Waals surface area contributed by atoms with Crippen molar-refractivity contribution in [2.75, 3.05) is 13.2 Å². The van der Waals surface area contributed by atoms with Crippen molar-refractivity contribution in [2.45, 2.75) is 45.3 Å². The Morgan fingerprint density at radius 1 is 1.26 bits per heavy atom. The molecule has 2 aromatic rings. The van der Waals surface area contributed by atoms with E-state index in [1.54, 1.807) is 5.38 Å². The van der Waals surface area contributed by atoms with Crippen molar-refractivity contribution in [3.8, 4) is 5.75 Å². The van der Waals surface area contributed by atoms with Crippen molar-refractivity contribution in [3.63, 3.8) is 0 Å². The van der Waals surface area contributed by atoms with E-state index in [4.69, 9.17) is 20.8 Å². The first-order valence-electron chi connectivity index (χ1n) is 8.86. The molecule has 0 aliphatic rings. The summed E-state index contributed by atoms with van der Waals surface area (Å²) in [7, 11) is -1.85. The second-order valence-corrected chi connectivity index (χ2v) is 14.2. The molecule has 1 aromatic carbocycles. The smallest absolute Gasteiger partial charge is 0.340 e. The Morgan fingerprint density at radius 2 is 1.96 bits per heavy atom. The molecule has 27 heavy (non-hydrogen) atoms. The predicted octanol–water partition coefficient (Wildman–Crippen LogP) is 6.09. The van der Waals surface area contributed by atoms with Crippen molar-refractivity contribution in [3.05, 3.63) is 50.7 Å². The van der Waals surface area contributed by atoms with Gasteiger partial charge in [-0.3, -0.25) is 0 Å². The van der Waals surface area contributed by atoms with E-state index in [0.29, 0.717) is 30.4 Å². The van der Waals surface area contributed by atoms with E-state index >= 15 is 0 Å². The fourth-order valence-electron chi connectivity index (χ4n) is 2.30. The highest BCUT2D eigenvalue weighted by Crippen LogP contribution is 2.37. The molecule has 0 saturated carbocycles. The summed E-state index contributed by atoms with van der Waals surface area (Å²) >= 11 is 7.45. The summed E-state index contributed by atoms with van der Waals surface area (Å²) in [6.07, 6.45) is 0.580. The molecular formula is C20H27ClO4SSi. The molecule has 1 heterocycles. The number of rotatable bonds is 8. The van der Waals surface area contributed by atoms with Crippen LogP contribution in [0.2, 0.25) is 23.2 Å². The van der Waals surface area contributed by atoms with Crippen LogP contribution in [0.1, 0.15) is 41.6 Å². The number of hydrogen-bond donors (Lipinski definition) is 1. The number of benzene rings is 1. The molecule has 4 nitrogen and oxygen atoms in total. The van der Waals surface area contributed by atoms with Crippen LogP contribution in [0, 0.1) is 0 Å². The van der Waals surface area contributed by atoms with E-state index in [1.807, 2.05) is 24.3 Å². The average molecular weight is 427 g/mol. The molecule has 0 amide bonds. The fourth-order valence-corrected chi connectivity index (χ4v) is 4.54. The van der Waals surface area contributed by atoms with Crippen LogP contribution in [0.25, 0.3) is 0 Å². The van der Waals surface area contributed by atoms with Crippen LogP contribution >= 0.6 is 22.9 Å². The van der Waals surface area contributed by atoms with Gasteiger partial charge in [0.2, 0.25) is 0 Å². The molecule has 0 fully saturated rings. The van der Waals surface area contributed by atoms with Crippen LogP contribution in [-0.4, -0.2) is 32.6 Å². The third-order valence-electron chi connectivity index (χ3n) is 4.90. The maximum atomic E-state index is 11.5. The Morgan fingerprint density at radius 3 is 2.56 bits per heavy atom. The first-order chi connectivity index (χ1) is 12.5. The number of carbonyl (C=O) groups is 1. The summed E-state index contributed by atoms with van der Waals surface area (Å²) in [5, 5.41) is 11.9. The molecular weight excluding hydrogens is 400 g/mol. The number of ether oxygens (including phenoxy) is 1. The normalized spacial score (nSPS) is 12.2. The summed E-state index contributed by atoms with van der Waals surface area (Å²) in [6, 6.07) is 7.55. The van der Waals surface area contributed by atoms with Gasteiger partial charge in [0.1, 0.15) is 17.9 Å². The molecule has 0 spiro atoms. The highest BCUT2D eigenvalue weighted by molar-refractivity contribution is 7.10. The van der Waals surface area contributed by atoms with Crippen molar-refractivity contribution in [1.82, 2.24) is 0 Å². The van der Waals surface area contributed by atoms with Gasteiger partial charge < -0.3 is 14.3 Å². The maximum Gasteiger partial charge on any atom is 0.340 e. The fraction of sp³-hybridized carbons (Fsp3) is 0.450. The van der Waals surface area contributed by atoms with Gasteiger partial charge in [0.15, 0.2) is 8.32 Å². The molecule has 0 saturated heterocycles. The highest BCUT2D eigenvalue weighted by atomic mass is 35.5. The number of aromatic carboxylic acids is 1. The standard InChI is InChI=1S/C20H27ClO4SSi/c1-20(2,3)27(4,5)25-10-9-24-18-16(19(22)23)13-26-17(18)12-14-7-6-8-15(21)11-14/h6-8,11,13H,9-10,12H2,1-5H3,(H,22,23). The molecule has 1 aromatic heterocycles. The summed E-state index contributed by atoms with van der Waals surface area (Å²) in [5.74, 6) is -0.546. The molecule has 0 radical (unpaired) electrons. The lowest BCUT2D eigenvalue weighted by atomic mass is 10.1. The van der Waals surface area contributed by atoms with Crippen molar-refractivity contribution in [1.29, 1.82) is 0 Å². The quantitative estimate of drug-likeness (QED) is 0.409. The third kappa shape index (κ3) is 5.81. The van der Waals surface area contributed by atoms with Crippen LogP contribution < -0.4 is 4.74 Å². The number of halogens is 1.